The molecule has 1 aliphatic rings. The average molecular weight is 383 g/mol. The molecule has 1 N–H and O–H groups in total. The summed E-state index contributed by atoms with van der Waals surface area (Å²) in [5, 5.41) is 8.86. The lowest BCUT2D eigenvalue weighted by atomic mass is 9.90. The number of carbonyl (C=O) groups is 2. The highest BCUT2D eigenvalue weighted by Gasteiger charge is 2.24. The van der Waals surface area contributed by atoms with Crippen LogP contribution < -0.4 is 4.74 Å². The van der Waals surface area contributed by atoms with Crippen LogP contribution in [0, 0.1) is 5.92 Å². The Labute approximate surface area is 164 Å². The van der Waals surface area contributed by atoms with Gasteiger partial charge in [-0.25, -0.2) is 14.8 Å². The lowest BCUT2D eigenvalue weighted by molar-refractivity contribution is 0.0667. The molecular formula is C21H25N3O4. The second-order valence-corrected chi connectivity index (χ2v) is 6.94. The van der Waals surface area contributed by atoms with E-state index in [4.69, 9.17) is 9.84 Å². The van der Waals surface area contributed by atoms with Crippen LogP contribution in [0.15, 0.2) is 36.7 Å². The number of likely N-dealkylation sites (tertiary alicyclic amines) is 1. The number of aromatic nitrogens is 2. The van der Waals surface area contributed by atoms with Crippen molar-refractivity contribution in [3.63, 3.8) is 0 Å². The topological polar surface area (TPSA) is 92.6 Å². The van der Waals surface area contributed by atoms with Crippen molar-refractivity contribution in [3.8, 4) is 5.75 Å². The number of nitrogens with zero attached hydrogens (tertiary/aromatic N) is 3. The fraction of sp³-hybridized carbons (Fsp3) is 0.429. The molecule has 0 saturated carbocycles. The minimum Gasteiger partial charge on any atom is -0.494 e. The molecule has 0 bridgehead atoms. The Morgan fingerprint density at radius 3 is 2.32 bits per heavy atom. The quantitative estimate of drug-likeness (QED) is 0.790. The molecule has 1 aliphatic heterocycles. The largest absolute Gasteiger partial charge is 0.494 e. The SMILES string of the molecule is CCOc1ccc(CCC2CCN(C(=O)c3cnc(C(=O)O)cn3)CC2)cc1. The summed E-state index contributed by atoms with van der Waals surface area (Å²) in [7, 11) is 0. The summed E-state index contributed by atoms with van der Waals surface area (Å²) in [6.45, 7) is 4.03. The molecule has 0 unspecified atom stereocenters. The van der Waals surface area contributed by atoms with E-state index in [1.807, 2.05) is 19.1 Å². The number of carbonyl (C=O) groups excluding carboxylic acids is 1. The first-order chi connectivity index (χ1) is 13.6. The van der Waals surface area contributed by atoms with Crippen LogP contribution >= 0.6 is 0 Å². The number of rotatable bonds is 7. The van der Waals surface area contributed by atoms with Gasteiger partial charge in [-0.15, -0.1) is 0 Å². The first-order valence-corrected chi connectivity index (χ1v) is 9.63. The zero-order valence-electron chi connectivity index (χ0n) is 16.0. The van der Waals surface area contributed by atoms with Gasteiger partial charge in [-0.3, -0.25) is 4.79 Å². The van der Waals surface area contributed by atoms with E-state index in [-0.39, 0.29) is 17.3 Å². The van der Waals surface area contributed by atoms with E-state index in [9.17, 15) is 9.59 Å². The summed E-state index contributed by atoms with van der Waals surface area (Å²) in [5.74, 6) is 0.155. The van der Waals surface area contributed by atoms with Crippen molar-refractivity contribution in [2.75, 3.05) is 19.7 Å². The Balaban J connectivity index is 1.46. The van der Waals surface area contributed by atoms with Gasteiger partial charge in [0.05, 0.1) is 19.0 Å². The van der Waals surface area contributed by atoms with Crippen LogP contribution in [0.3, 0.4) is 0 Å². The Morgan fingerprint density at radius 2 is 1.75 bits per heavy atom. The first kappa shape index (κ1) is 19.8. The predicted octanol–water partition coefficient (Wildman–Crippen LogP) is 3.06. The van der Waals surface area contributed by atoms with Gasteiger partial charge in [0.1, 0.15) is 11.4 Å². The number of carboxylic acid groups (broad SMARTS) is 1. The number of ether oxygens (including phenoxy) is 1. The highest BCUT2D eigenvalue weighted by atomic mass is 16.5. The highest BCUT2D eigenvalue weighted by Crippen LogP contribution is 2.24. The molecule has 148 valence electrons. The van der Waals surface area contributed by atoms with Crippen molar-refractivity contribution in [1.82, 2.24) is 14.9 Å². The van der Waals surface area contributed by atoms with Crippen LogP contribution in [0.4, 0.5) is 0 Å². The lowest BCUT2D eigenvalue weighted by Gasteiger charge is -2.31. The van der Waals surface area contributed by atoms with Gasteiger partial charge in [-0.1, -0.05) is 12.1 Å². The molecule has 1 aromatic heterocycles. The smallest absolute Gasteiger partial charge is 0.356 e. The van der Waals surface area contributed by atoms with E-state index in [0.29, 0.717) is 25.6 Å². The molecule has 28 heavy (non-hydrogen) atoms. The van der Waals surface area contributed by atoms with Gasteiger partial charge >= 0.3 is 5.97 Å². The second kappa shape index (κ2) is 9.30. The molecule has 0 radical (unpaired) electrons. The van der Waals surface area contributed by atoms with Gasteiger partial charge in [0.2, 0.25) is 0 Å². The molecule has 3 rings (SSSR count). The zero-order valence-corrected chi connectivity index (χ0v) is 16.0. The molecule has 7 heteroatoms. The molecule has 2 aromatic rings. The maximum absolute atomic E-state index is 12.5. The van der Waals surface area contributed by atoms with E-state index in [2.05, 4.69) is 22.1 Å². The average Bonchev–Trinajstić information content (AvgIpc) is 2.73. The van der Waals surface area contributed by atoms with Crippen molar-refractivity contribution in [3.05, 3.63) is 53.6 Å². The van der Waals surface area contributed by atoms with Gasteiger partial charge in [-0.2, -0.15) is 0 Å². The van der Waals surface area contributed by atoms with Crippen LogP contribution in [0.1, 0.15) is 52.7 Å². The number of carboxylic acids is 1. The molecular weight excluding hydrogens is 358 g/mol. The third-order valence-corrected chi connectivity index (χ3v) is 5.07. The molecule has 1 aromatic carbocycles. The molecule has 0 aliphatic carbocycles. The Kier molecular flexibility index (Phi) is 6.57. The summed E-state index contributed by atoms with van der Waals surface area (Å²) in [6, 6.07) is 8.25. The molecule has 1 amide bonds. The van der Waals surface area contributed by atoms with Gasteiger partial charge in [0, 0.05) is 13.1 Å². The van der Waals surface area contributed by atoms with Crippen LogP contribution in [0.5, 0.6) is 5.75 Å². The van der Waals surface area contributed by atoms with E-state index < -0.39 is 5.97 Å². The third kappa shape index (κ3) is 5.06. The van der Waals surface area contributed by atoms with Crippen molar-refractivity contribution in [2.24, 2.45) is 5.92 Å². The number of amides is 1. The van der Waals surface area contributed by atoms with Crippen LogP contribution in [0.2, 0.25) is 0 Å². The van der Waals surface area contributed by atoms with E-state index >= 15 is 0 Å². The maximum Gasteiger partial charge on any atom is 0.356 e. The summed E-state index contributed by atoms with van der Waals surface area (Å²) in [4.78, 5) is 32.8. The van der Waals surface area contributed by atoms with Gasteiger partial charge < -0.3 is 14.7 Å². The molecule has 7 nitrogen and oxygen atoms in total. The Hall–Kier alpha value is -2.96. The van der Waals surface area contributed by atoms with Crippen LogP contribution in [0.25, 0.3) is 0 Å². The van der Waals surface area contributed by atoms with Crippen molar-refractivity contribution >= 4 is 11.9 Å². The molecule has 1 fully saturated rings. The number of hydrogen-bond donors (Lipinski definition) is 1. The van der Waals surface area contributed by atoms with E-state index in [1.165, 1.54) is 11.8 Å². The number of benzene rings is 1. The van der Waals surface area contributed by atoms with E-state index in [0.717, 1.165) is 37.6 Å². The second-order valence-electron chi connectivity index (χ2n) is 6.94. The fourth-order valence-electron chi connectivity index (χ4n) is 3.43. The first-order valence-electron chi connectivity index (χ1n) is 9.63. The molecule has 0 spiro atoms. The fourth-order valence-corrected chi connectivity index (χ4v) is 3.43. The molecule has 1 saturated heterocycles. The summed E-state index contributed by atoms with van der Waals surface area (Å²) in [6.07, 6.45) is 6.41. The summed E-state index contributed by atoms with van der Waals surface area (Å²) in [5.41, 5.74) is 1.33. The monoisotopic (exact) mass is 383 g/mol. The molecule has 0 atom stereocenters. The zero-order chi connectivity index (χ0) is 19.9. The van der Waals surface area contributed by atoms with Crippen LogP contribution in [-0.2, 0) is 6.42 Å². The maximum atomic E-state index is 12.5. The molecule has 2 heterocycles. The predicted molar refractivity (Wildman–Crippen MR) is 104 cm³/mol. The van der Waals surface area contributed by atoms with Crippen molar-refractivity contribution in [1.29, 1.82) is 0 Å². The highest BCUT2D eigenvalue weighted by molar-refractivity contribution is 5.92. The summed E-state index contributed by atoms with van der Waals surface area (Å²) < 4.78 is 5.47. The lowest BCUT2D eigenvalue weighted by Crippen LogP contribution is -2.39. The summed E-state index contributed by atoms with van der Waals surface area (Å²) >= 11 is 0. The van der Waals surface area contributed by atoms with E-state index in [1.54, 1.807) is 4.90 Å². The number of piperidine rings is 1. The van der Waals surface area contributed by atoms with Gasteiger partial charge in [0.15, 0.2) is 5.69 Å². The number of hydrogen-bond acceptors (Lipinski definition) is 5. The standard InChI is InChI=1S/C21H25N3O4/c1-2-28-17-7-5-15(6-8-17)3-4-16-9-11-24(12-10-16)20(25)18-13-23-19(14-22-18)21(26)27/h5-8,13-14,16H,2-4,9-12H2,1H3,(H,26,27). The minimum atomic E-state index is -1.15. The van der Waals surface area contributed by atoms with Gasteiger partial charge in [0.25, 0.3) is 5.91 Å². The number of aromatic carboxylic acids is 1. The normalized spacial score (nSPS) is 14.7. The van der Waals surface area contributed by atoms with Gasteiger partial charge in [-0.05, 0) is 56.2 Å². The van der Waals surface area contributed by atoms with Crippen molar-refractivity contribution in [2.45, 2.75) is 32.6 Å². The minimum absolute atomic E-state index is 0.162. The van der Waals surface area contributed by atoms with Crippen LogP contribution in [-0.4, -0.2) is 51.5 Å². The third-order valence-electron chi connectivity index (χ3n) is 5.07. The Morgan fingerprint density at radius 1 is 1.11 bits per heavy atom. The Bertz CT molecular complexity index is 797. The van der Waals surface area contributed by atoms with Crippen molar-refractivity contribution < 1.29 is 19.4 Å². The number of aryl methyl sites for hydroxylation is 1.